The summed E-state index contributed by atoms with van der Waals surface area (Å²) < 4.78 is 12.3. The standard InChI is InChI=1S/C14H16N2O3/c1-3-10-4-13-12(6-15-16(13)9(2)17)14(5-10)19-8-11-7-18-11/h4-6,11H,3,7-8H2,1-2H3. The van der Waals surface area contributed by atoms with E-state index in [4.69, 9.17) is 9.47 Å². The van der Waals surface area contributed by atoms with Crippen molar-refractivity contribution >= 4 is 16.8 Å². The van der Waals surface area contributed by atoms with Crippen LogP contribution in [0.5, 0.6) is 5.75 Å². The fourth-order valence-corrected chi connectivity index (χ4v) is 2.07. The minimum absolute atomic E-state index is 0.0975. The Morgan fingerprint density at radius 3 is 3.00 bits per heavy atom. The number of rotatable bonds is 4. The van der Waals surface area contributed by atoms with Crippen LogP contribution in [-0.4, -0.2) is 35.0 Å². The van der Waals surface area contributed by atoms with Crippen molar-refractivity contribution in [3.63, 3.8) is 0 Å². The van der Waals surface area contributed by atoms with Crippen molar-refractivity contribution in [2.75, 3.05) is 13.2 Å². The van der Waals surface area contributed by atoms with Gasteiger partial charge in [0.15, 0.2) is 0 Å². The monoisotopic (exact) mass is 260 g/mol. The third-order valence-corrected chi connectivity index (χ3v) is 3.24. The van der Waals surface area contributed by atoms with Gasteiger partial charge < -0.3 is 9.47 Å². The van der Waals surface area contributed by atoms with E-state index in [9.17, 15) is 4.79 Å². The molecule has 0 aliphatic carbocycles. The molecule has 2 aromatic rings. The van der Waals surface area contributed by atoms with Gasteiger partial charge in [0.2, 0.25) is 5.91 Å². The predicted octanol–water partition coefficient (Wildman–Crippen LogP) is 2.04. The molecule has 1 aliphatic rings. The largest absolute Gasteiger partial charge is 0.490 e. The van der Waals surface area contributed by atoms with Gasteiger partial charge in [-0.25, -0.2) is 4.68 Å². The minimum atomic E-state index is -0.0975. The highest BCUT2D eigenvalue weighted by molar-refractivity contribution is 5.93. The first-order chi connectivity index (χ1) is 9.19. The summed E-state index contributed by atoms with van der Waals surface area (Å²) in [6, 6.07) is 4.00. The van der Waals surface area contributed by atoms with Crippen LogP contribution in [0.1, 0.15) is 24.2 Å². The maximum Gasteiger partial charge on any atom is 0.244 e. The van der Waals surface area contributed by atoms with Crippen molar-refractivity contribution in [1.29, 1.82) is 0 Å². The Morgan fingerprint density at radius 2 is 2.37 bits per heavy atom. The summed E-state index contributed by atoms with van der Waals surface area (Å²) in [6.07, 6.45) is 2.78. The summed E-state index contributed by atoms with van der Waals surface area (Å²) in [5.41, 5.74) is 1.93. The van der Waals surface area contributed by atoms with Crippen molar-refractivity contribution in [2.45, 2.75) is 26.4 Å². The predicted molar refractivity (Wildman–Crippen MR) is 70.6 cm³/mol. The summed E-state index contributed by atoms with van der Waals surface area (Å²) in [5.74, 6) is 0.678. The lowest BCUT2D eigenvalue weighted by atomic mass is 10.1. The van der Waals surface area contributed by atoms with Gasteiger partial charge in [-0.05, 0) is 24.1 Å². The Morgan fingerprint density at radius 1 is 1.58 bits per heavy atom. The van der Waals surface area contributed by atoms with Crippen LogP contribution >= 0.6 is 0 Å². The average Bonchev–Trinajstić information content (AvgIpc) is 3.12. The van der Waals surface area contributed by atoms with E-state index in [1.54, 1.807) is 6.20 Å². The van der Waals surface area contributed by atoms with Crippen LogP contribution in [-0.2, 0) is 11.2 Å². The maximum atomic E-state index is 11.5. The Labute approximate surface area is 111 Å². The smallest absolute Gasteiger partial charge is 0.244 e. The van der Waals surface area contributed by atoms with Crippen LogP contribution in [0.2, 0.25) is 0 Å². The highest BCUT2D eigenvalue weighted by atomic mass is 16.6. The van der Waals surface area contributed by atoms with Gasteiger partial charge in [0.1, 0.15) is 18.5 Å². The van der Waals surface area contributed by atoms with Gasteiger partial charge in [0, 0.05) is 6.92 Å². The number of aromatic nitrogens is 2. The number of ether oxygens (including phenoxy) is 2. The summed E-state index contributed by atoms with van der Waals surface area (Å²) in [4.78, 5) is 11.5. The van der Waals surface area contributed by atoms with E-state index in [2.05, 4.69) is 12.0 Å². The number of nitrogens with zero attached hydrogens (tertiary/aromatic N) is 2. The van der Waals surface area contributed by atoms with Crippen LogP contribution in [0.4, 0.5) is 0 Å². The topological polar surface area (TPSA) is 56.6 Å². The van der Waals surface area contributed by atoms with Crippen molar-refractivity contribution < 1.29 is 14.3 Å². The van der Waals surface area contributed by atoms with Gasteiger partial charge in [0.25, 0.3) is 0 Å². The molecule has 100 valence electrons. The molecule has 1 aromatic heterocycles. The lowest BCUT2D eigenvalue weighted by molar-refractivity contribution is 0.0927. The fraction of sp³-hybridized carbons (Fsp3) is 0.429. The molecule has 0 amide bonds. The zero-order valence-corrected chi connectivity index (χ0v) is 11.0. The van der Waals surface area contributed by atoms with Crippen LogP contribution in [0.3, 0.4) is 0 Å². The lowest BCUT2D eigenvalue weighted by Crippen LogP contribution is -2.07. The molecule has 19 heavy (non-hydrogen) atoms. The molecule has 0 radical (unpaired) electrons. The van der Waals surface area contributed by atoms with Crippen LogP contribution in [0, 0.1) is 0 Å². The van der Waals surface area contributed by atoms with Crippen LogP contribution in [0.15, 0.2) is 18.3 Å². The molecule has 1 atom stereocenters. The molecule has 0 saturated carbocycles. The summed E-state index contributed by atoms with van der Waals surface area (Å²) in [7, 11) is 0. The number of benzene rings is 1. The van der Waals surface area contributed by atoms with E-state index in [0.717, 1.165) is 35.2 Å². The van der Waals surface area contributed by atoms with Crippen molar-refractivity contribution in [3.8, 4) is 5.75 Å². The first kappa shape index (κ1) is 12.2. The van der Waals surface area contributed by atoms with E-state index in [0.29, 0.717) is 6.61 Å². The number of epoxide rings is 1. The Bertz CT molecular complexity index is 629. The van der Waals surface area contributed by atoms with Crippen LogP contribution in [0.25, 0.3) is 10.9 Å². The molecule has 0 spiro atoms. The highest BCUT2D eigenvalue weighted by Gasteiger charge is 2.24. The average molecular weight is 260 g/mol. The quantitative estimate of drug-likeness (QED) is 0.789. The van der Waals surface area contributed by atoms with Gasteiger partial charge in [-0.3, -0.25) is 4.79 Å². The molecule has 1 aliphatic heterocycles. The van der Waals surface area contributed by atoms with E-state index >= 15 is 0 Å². The number of hydrogen-bond donors (Lipinski definition) is 0. The number of aryl methyl sites for hydroxylation is 1. The molecule has 1 saturated heterocycles. The van der Waals surface area contributed by atoms with E-state index in [1.807, 2.05) is 12.1 Å². The number of carbonyl (C=O) groups excluding carboxylic acids is 1. The summed E-state index contributed by atoms with van der Waals surface area (Å²) in [6.45, 7) is 4.89. The van der Waals surface area contributed by atoms with Crippen molar-refractivity contribution in [1.82, 2.24) is 9.78 Å². The van der Waals surface area contributed by atoms with Crippen molar-refractivity contribution in [2.24, 2.45) is 0 Å². The van der Waals surface area contributed by atoms with Gasteiger partial charge in [-0.1, -0.05) is 6.92 Å². The van der Waals surface area contributed by atoms with Crippen molar-refractivity contribution in [3.05, 3.63) is 23.9 Å². The molecule has 1 aromatic carbocycles. The third-order valence-electron chi connectivity index (χ3n) is 3.24. The molecule has 2 heterocycles. The number of carbonyl (C=O) groups is 1. The molecule has 1 unspecified atom stereocenters. The zero-order chi connectivity index (χ0) is 13.4. The van der Waals surface area contributed by atoms with Gasteiger partial charge >= 0.3 is 0 Å². The SMILES string of the molecule is CCc1cc(OCC2CO2)c2cnn(C(C)=O)c2c1. The van der Waals surface area contributed by atoms with Crippen LogP contribution < -0.4 is 4.74 Å². The summed E-state index contributed by atoms with van der Waals surface area (Å²) in [5, 5.41) is 5.00. The molecule has 0 bridgehead atoms. The molecular formula is C14H16N2O3. The Balaban J connectivity index is 2.05. The fourth-order valence-electron chi connectivity index (χ4n) is 2.07. The molecule has 3 rings (SSSR count). The number of hydrogen-bond acceptors (Lipinski definition) is 4. The molecule has 5 nitrogen and oxygen atoms in total. The summed E-state index contributed by atoms with van der Waals surface area (Å²) >= 11 is 0. The molecular weight excluding hydrogens is 244 g/mol. The van der Waals surface area contributed by atoms with E-state index in [-0.39, 0.29) is 12.0 Å². The van der Waals surface area contributed by atoms with E-state index in [1.165, 1.54) is 11.6 Å². The third kappa shape index (κ3) is 2.33. The molecule has 5 heteroatoms. The van der Waals surface area contributed by atoms with Gasteiger partial charge in [-0.15, -0.1) is 0 Å². The second-order valence-corrected chi connectivity index (χ2v) is 4.72. The van der Waals surface area contributed by atoms with Gasteiger partial charge in [-0.2, -0.15) is 5.10 Å². The second-order valence-electron chi connectivity index (χ2n) is 4.72. The second kappa shape index (κ2) is 4.66. The Hall–Kier alpha value is -1.88. The normalized spacial score (nSPS) is 17.7. The maximum absolute atomic E-state index is 11.5. The Kier molecular flexibility index (Phi) is 2.98. The highest BCUT2D eigenvalue weighted by Crippen LogP contribution is 2.28. The minimum Gasteiger partial charge on any atom is -0.490 e. The first-order valence-corrected chi connectivity index (χ1v) is 6.45. The van der Waals surface area contributed by atoms with Gasteiger partial charge in [0.05, 0.1) is 23.7 Å². The lowest BCUT2D eigenvalue weighted by Gasteiger charge is -2.08. The molecule has 0 N–H and O–H groups in total. The van der Waals surface area contributed by atoms with E-state index < -0.39 is 0 Å². The zero-order valence-electron chi connectivity index (χ0n) is 11.0. The molecule has 1 fully saturated rings. The number of fused-ring (bicyclic) bond motifs is 1. The first-order valence-electron chi connectivity index (χ1n) is 6.45.